The molecule has 2 aromatic rings. The highest BCUT2D eigenvalue weighted by Gasteiger charge is 2.27. The van der Waals surface area contributed by atoms with Crippen LogP contribution in [0.3, 0.4) is 0 Å². The summed E-state index contributed by atoms with van der Waals surface area (Å²) in [4.78, 5) is 33.7. The minimum Gasteiger partial charge on any atom is -0.365 e. The standard InChI is InChI=1S/C20H29N7O/c1-12(2)16-9-17(22-11-21-16)24-15-7-8-27(10-15)19-13(3)14(4)23-18(25-19)20(28)26(5)6/h9,11-12,15H,7-8,10H2,1-6H3,(H,21,22,24)/t15-/m1/s1. The number of rotatable bonds is 5. The molecule has 0 aromatic carbocycles. The van der Waals surface area contributed by atoms with Gasteiger partial charge in [0.25, 0.3) is 5.91 Å². The lowest BCUT2D eigenvalue weighted by Crippen LogP contribution is -2.30. The predicted molar refractivity (Wildman–Crippen MR) is 110 cm³/mol. The molecule has 0 spiro atoms. The number of aromatic nitrogens is 4. The number of amides is 1. The van der Waals surface area contributed by atoms with Crippen molar-refractivity contribution in [3.05, 3.63) is 35.2 Å². The van der Waals surface area contributed by atoms with Gasteiger partial charge in [-0.15, -0.1) is 0 Å². The molecule has 8 nitrogen and oxygen atoms in total. The lowest BCUT2D eigenvalue weighted by molar-refractivity contribution is 0.0815. The van der Waals surface area contributed by atoms with Gasteiger partial charge in [-0.1, -0.05) is 13.8 Å². The first-order chi connectivity index (χ1) is 13.3. The Morgan fingerprint density at radius 2 is 2.00 bits per heavy atom. The van der Waals surface area contributed by atoms with Crippen LogP contribution in [0.2, 0.25) is 0 Å². The zero-order chi connectivity index (χ0) is 20.4. The molecule has 1 amide bonds. The van der Waals surface area contributed by atoms with Gasteiger partial charge in [0.2, 0.25) is 5.82 Å². The van der Waals surface area contributed by atoms with Crippen molar-refractivity contribution in [2.75, 3.05) is 37.4 Å². The number of nitrogens with one attached hydrogen (secondary N) is 1. The Bertz CT molecular complexity index is 866. The number of carbonyl (C=O) groups is 1. The van der Waals surface area contributed by atoms with E-state index < -0.39 is 0 Å². The van der Waals surface area contributed by atoms with Crippen LogP contribution in [0.1, 0.15) is 53.8 Å². The second kappa shape index (κ2) is 8.08. The average molecular weight is 384 g/mol. The molecule has 1 saturated heterocycles. The van der Waals surface area contributed by atoms with Crippen molar-refractivity contribution in [1.29, 1.82) is 0 Å². The molecule has 1 N–H and O–H groups in total. The van der Waals surface area contributed by atoms with E-state index in [0.29, 0.717) is 5.92 Å². The van der Waals surface area contributed by atoms with E-state index in [1.165, 1.54) is 4.90 Å². The van der Waals surface area contributed by atoms with Gasteiger partial charge in [-0.2, -0.15) is 0 Å². The SMILES string of the molecule is Cc1nc(C(=O)N(C)C)nc(N2CC[C@@H](Nc3cc(C(C)C)ncn3)C2)c1C. The molecule has 3 rings (SSSR count). The molecule has 2 aromatic heterocycles. The highest BCUT2D eigenvalue weighted by molar-refractivity contribution is 5.90. The average Bonchev–Trinajstić information content (AvgIpc) is 3.11. The molecule has 1 aliphatic rings. The quantitative estimate of drug-likeness (QED) is 0.848. The van der Waals surface area contributed by atoms with Gasteiger partial charge >= 0.3 is 0 Å². The maximum absolute atomic E-state index is 12.3. The summed E-state index contributed by atoms with van der Waals surface area (Å²) >= 11 is 0. The molecule has 3 heterocycles. The monoisotopic (exact) mass is 383 g/mol. The largest absolute Gasteiger partial charge is 0.365 e. The summed E-state index contributed by atoms with van der Waals surface area (Å²) in [5, 5.41) is 3.51. The molecule has 1 aliphatic heterocycles. The Kier molecular flexibility index (Phi) is 5.76. The molecule has 0 radical (unpaired) electrons. The van der Waals surface area contributed by atoms with Gasteiger partial charge in [-0.05, 0) is 26.2 Å². The molecule has 1 fully saturated rings. The first-order valence-corrected chi connectivity index (χ1v) is 9.66. The third kappa shape index (κ3) is 4.21. The molecule has 8 heteroatoms. The van der Waals surface area contributed by atoms with Crippen LogP contribution in [0.25, 0.3) is 0 Å². The van der Waals surface area contributed by atoms with Gasteiger partial charge in [0.15, 0.2) is 0 Å². The lowest BCUT2D eigenvalue weighted by atomic mass is 10.1. The first kappa shape index (κ1) is 20.0. The summed E-state index contributed by atoms with van der Waals surface area (Å²) in [6.45, 7) is 9.84. The van der Waals surface area contributed by atoms with Gasteiger partial charge in [-0.25, -0.2) is 19.9 Å². The fourth-order valence-electron chi connectivity index (χ4n) is 3.26. The van der Waals surface area contributed by atoms with Crippen LogP contribution in [0.15, 0.2) is 12.4 Å². The predicted octanol–water partition coefficient (Wildman–Crippen LogP) is 2.40. The number of nitrogens with zero attached hydrogens (tertiary/aromatic N) is 6. The molecule has 0 bridgehead atoms. The number of aryl methyl sites for hydroxylation is 1. The number of hydrogen-bond donors (Lipinski definition) is 1. The molecule has 0 aliphatic carbocycles. The van der Waals surface area contributed by atoms with E-state index in [4.69, 9.17) is 0 Å². The van der Waals surface area contributed by atoms with E-state index in [9.17, 15) is 4.79 Å². The Morgan fingerprint density at radius 1 is 1.25 bits per heavy atom. The van der Waals surface area contributed by atoms with Gasteiger partial charge in [0, 0.05) is 56.2 Å². The van der Waals surface area contributed by atoms with Crippen LogP contribution in [0.5, 0.6) is 0 Å². The van der Waals surface area contributed by atoms with Crippen molar-refractivity contribution in [3.8, 4) is 0 Å². The van der Waals surface area contributed by atoms with E-state index in [1.54, 1.807) is 20.4 Å². The minimum absolute atomic E-state index is 0.180. The zero-order valence-electron chi connectivity index (χ0n) is 17.5. The van der Waals surface area contributed by atoms with Gasteiger partial charge < -0.3 is 15.1 Å². The van der Waals surface area contributed by atoms with Crippen LogP contribution in [-0.2, 0) is 0 Å². The Balaban J connectivity index is 1.76. The molecule has 0 saturated carbocycles. The highest BCUT2D eigenvalue weighted by atomic mass is 16.2. The van der Waals surface area contributed by atoms with E-state index in [0.717, 1.165) is 48.1 Å². The maximum Gasteiger partial charge on any atom is 0.291 e. The van der Waals surface area contributed by atoms with E-state index >= 15 is 0 Å². The summed E-state index contributed by atoms with van der Waals surface area (Å²) in [5.41, 5.74) is 2.88. The van der Waals surface area contributed by atoms with Crippen LogP contribution in [0, 0.1) is 13.8 Å². The van der Waals surface area contributed by atoms with Gasteiger partial charge in [-0.3, -0.25) is 4.79 Å². The van der Waals surface area contributed by atoms with E-state index in [-0.39, 0.29) is 17.8 Å². The van der Waals surface area contributed by atoms with Crippen molar-refractivity contribution in [3.63, 3.8) is 0 Å². The second-order valence-corrected chi connectivity index (χ2v) is 7.84. The summed E-state index contributed by atoms with van der Waals surface area (Å²) in [6, 6.07) is 2.28. The molecular formula is C20H29N7O. The van der Waals surface area contributed by atoms with E-state index in [1.807, 2.05) is 19.9 Å². The Hall–Kier alpha value is -2.77. The van der Waals surface area contributed by atoms with Crippen LogP contribution in [0.4, 0.5) is 11.6 Å². The molecule has 150 valence electrons. The Labute approximate surface area is 166 Å². The van der Waals surface area contributed by atoms with Crippen molar-refractivity contribution < 1.29 is 4.79 Å². The highest BCUT2D eigenvalue weighted by Crippen LogP contribution is 2.25. The van der Waals surface area contributed by atoms with Crippen molar-refractivity contribution in [2.24, 2.45) is 0 Å². The molecule has 1 atom stereocenters. The second-order valence-electron chi connectivity index (χ2n) is 7.84. The topological polar surface area (TPSA) is 87.1 Å². The third-order valence-corrected chi connectivity index (χ3v) is 5.08. The molecule has 0 unspecified atom stereocenters. The first-order valence-electron chi connectivity index (χ1n) is 9.66. The normalized spacial score (nSPS) is 16.5. The fourth-order valence-corrected chi connectivity index (χ4v) is 3.26. The van der Waals surface area contributed by atoms with Gasteiger partial charge in [0.1, 0.15) is 18.0 Å². The fraction of sp³-hybridized carbons (Fsp3) is 0.550. The van der Waals surface area contributed by atoms with Crippen molar-refractivity contribution in [1.82, 2.24) is 24.8 Å². The number of anilines is 2. The van der Waals surface area contributed by atoms with E-state index in [2.05, 4.69) is 44.0 Å². The zero-order valence-corrected chi connectivity index (χ0v) is 17.5. The molecule has 28 heavy (non-hydrogen) atoms. The van der Waals surface area contributed by atoms with Crippen LogP contribution < -0.4 is 10.2 Å². The number of carbonyl (C=O) groups excluding carboxylic acids is 1. The summed E-state index contributed by atoms with van der Waals surface area (Å²) in [7, 11) is 3.42. The number of hydrogen-bond acceptors (Lipinski definition) is 7. The van der Waals surface area contributed by atoms with Crippen molar-refractivity contribution in [2.45, 2.75) is 46.1 Å². The maximum atomic E-state index is 12.3. The summed E-state index contributed by atoms with van der Waals surface area (Å²) < 4.78 is 0. The molecular weight excluding hydrogens is 354 g/mol. The van der Waals surface area contributed by atoms with Crippen molar-refractivity contribution >= 4 is 17.5 Å². The smallest absolute Gasteiger partial charge is 0.291 e. The minimum atomic E-state index is -0.180. The Morgan fingerprint density at radius 3 is 2.68 bits per heavy atom. The summed E-state index contributed by atoms with van der Waals surface area (Å²) in [6.07, 6.45) is 2.59. The van der Waals surface area contributed by atoms with Crippen LogP contribution >= 0.6 is 0 Å². The summed E-state index contributed by atoms with van der Waals surface area (Å²) in [5.74, 6) is 2.12. The van der Waals surface area contributed by atoms with Gasteiger partial charge in [0.05, 0.1) is 0 Å². The van der Waals surface area contributed by atoms with Crippen LogP contribution in [-0.4, -0.2) is 64.0 Å². The third-order valence-electron chi connectivity index (χ3n) is 5.08. The lowest BCUT2D eigenvalue weighted by Gasteiger charge is -2.22.